The van der Waals surface area contributed by atoms with E-state index in [2.05, 4.69) is 38.6 Å². The first-order valence-electron chi connectivity index (χ1n) is 10.8. The molecule has 2 aromatic rings. The van der Waals surface area contributed by atoms with Crippen LogP contribution >= 0.6 is 0 Å². The Morgan fingerprint density at radius 2 is 1.70 bits per heavy atom. The molecule has 2 atom stereocenters. The molecule has 2 aliphatic rings. The minimum absolute atomic E-state index is 0.289. The second kappa shape index (κ2) is 9.61. The SMILES string of the molecule is Cc1cc(C)n(CCN2CC3CN(CCCOc4ccc(C#N)cc4)CC(C2)O3)n1. The van der Waals surface area contributed by atoms with Crippen molar-refractivity contribution in [2.75, 3.05) is 45.9 Å². The van der Waals surface area contributed by atoms with E-state index < -0.39 is 0 Å². The lowest BCUT2D eigenvalue weighted by atomic mass is 10.1. The van der Waals surface area contributed by atoms with Crippen molar-refractivity contribution in [3.63, 3.8) is 0 Å². The van der Waals surface area contributed by atoms with Gasteiger partial charge in [-0.1, -0.05) is 0 Å². The van der Waals surface area contributed by atoms with Crippen molar-refractivity contribution < 1.29 is 9.47 Å². The van der Waals surface area contributed by atoms with Crippen molar-refractivity contribution in [1.29, 1.82) is 5.26 Å². The van der Waals surface area contributed by atoms with Crippen LogP contribution in [0.3, 0.4) is 0 Å². The molecule has 0 N–H and O–H groups in total. The highest BCUT2D eigenvalue weighted by Crippen LogP contribution is 2.20. The lowest BCUT2D eigenvalue weighted by Crippen LogP contribution is -2.59. The van der Waals surface area contributed by atoms with Crippen LogP contribution < -0.4 is 4.74 Å². The van der Waals surface area contributed by atoms with Gasteiger partial charge in [0.05, 0.1) is 42.7 Å². The van der Waals surface area contributed by atoms with Crippen molar-refractivity contribution in [1.82, 2.24) is 19.6 Å². The van der Waals surface area contributed by atoms with Crippen LogP contribution in [0.1, 0.15) is 23.4 Å². The molecule has 2 unspecified atom stereocenters. The molecule has 2 aliphatic heterocycles. The number of rotatable bonds is 8. The first kappa shape index (κ1) is 20.9. The van der Waals surface area contributed by atoms with Gasteiger partial charge < -0.3 is 9.47 Å². The van der Waals surface area contributed by atoms with Gasteiger partial charge >= 0.3 is 0 Å². The summed E-state index contributed by atoms with van der Waals surface area (Å²) in [6.45, 7) is 11.8. The van der Waals surface area contributed by atoms with Gasteiger partial charge in [-0.05, 0) is 50.6 Å². The molecule has 7 nitrogen and oxygen atoms in total. The minimum atomic E-state index is 0.289. The van der Waals surface area contributed by atoms with Gasteiger partial charge in [0.15, 0.2) is 0 Å². The van der Waals surface area contributed by atoms with E-state index in [4.69, 9.17) is 14.7 Å². The van der Waals surface area contributed by atoms with Crippen molar-refractivity contribution in [2.45, 2.75) is 39.0 Å². The van der Waals surface area contributed by atoms with Crippen LogP contribution in [0.4, 0.5) is 0 Å². The highest BCUT2D eigenvalue weighted by atomic mass is 16.5. The smallest absolute Gasteiger partial charge is 0.119 e. The van der Waals surface area contributed by atoms with E-state index in [-0.39, 0.29) is 12.2 Å². The lowest BCUT2D eigenvalue weighted by Gasteiger charge is -2.46. The van der Waals surface area contributed by atoms with E-state index >= 15 is 0 Å². The Bertz CT molecular complexity index is 859. The number of nitrogens with zero attached hydrogens (tertiary/aromatic N) is 5. The summed E-state index contributed by atoms with van der Waals surface area (Å²) in [5.41, 5.74) is 2.98. The van der Waals surface area contributed by atoms with E-state index in [1.807, 2.05) is 19.1 Å². The third-order valence-electron chi connectivity index (χ3n) is 5.83. The quantitative estimate of drug-likeness (QED) is 0.623. The normalized spacial score (nSPS) is 22.0. The number of nitriles is 1. The zero-order valence-electron chi connectivity index (χ0n) is 18.0. The number of ether oxygens (including phenoxy) is 2. The molecule has 1 aromatic heterocycles. The van der Waals surface area contributed by atoms with Crippen molar-refractivity contribution in [2.24, 2.45) is 0 Å². The van der Waals surface area contributed by atoms with Crippen molar-refractivity contribution in [3.8, 4) is 11.8 Å². The molecule has 2 fully saturated rings. The topological polar surface area (TPSA) is 66.5 Å². The first-order valence-corrected chi connectivity index (χ1v) is 10.8. The monoisotopic (exact) mass is 409 g/mol. The average Bonchev–Trinajstić information content (AvgIpc) is 3.06. The fourth-order valence-electron chi connectivity index (χ4n) is 4.47. The van der Waals surface area contributed by atoms with E-state index in [0.717, 1.165) is 63.7 Å². The highest BCUT2D eigenvalue weighted by Gasteiger charge is 2.34. The van der Waals surface area contributed by atoms with Gasteiger partial charge in [0.1, 0.15) is 5.75 Å². The van der Waals surface area contributed by atoms with Crippen LogP contribution in [-0.2, 0) is 11.3 Å². The molecule has 0 aliphatic carbocycles. The van der Waals surface area contributed by atoms with E-state index in [9.17, 15) is 0 Å². The third kappa shape index (κ3) is 5.39. The molecule has 30 heavy (non-hydrogen) atoms. The number of fused-ring (bicyclic) bond motifs is 2. The molecule has 0 saturated carbocycles. The predicted octanol–water partition coefficient (Wildman–Crippen LogP) is 2.23. The molecule has 2 bridgehead atoms. The van der Waals surface area contributed by atoms with Crippen LogP contribution in [0.25, 0.3) is 0 Å². The largest absolute Gasteiger partial charge is 0.494 e. The van der Waals surface area contributed by atoms with Crippen LogP contribution in [0.5, 0.6) is 5.75 Å². The Balaban J connectivity index is 1.17. The highest BCUT2D eigenvalue weighted by molar-refractivity contribution is 5.34. The second-order valence-electron chi connectivity index (χ2n) is 8.39. The standard InChI is InChI=1S/C23H31N5O2/c1-18-12-19(2)28(25-18)10-9-27-16-22-14-26(15-23(17-27)30-22)8-3-11-29-21-6-4-20(13-24)5-7-21/h4-7,12,22-23H,3,8-11,14-17H2,1-2H3. The number of aromatic nitrogens is 2. The number of hydrogen-bond donors (Lipinski definition) is 0. The van der Waals surface area contributed by atoms with Crippen LogP contribution in [-0.4, -0.2) is 77.7 Å². The molecule has 0 radical (unpaired) electrons. The summed E-state index contributed by atoms with van der Waals surface area (Å²) in [4.78, 5) is 5.04. The fourth-order valence-corrected chi connectivity index (χ4v) is 4.47. The summed E-state index contributed by atoms with van der Waals surface area (Å²) in [5, 5.41) is 13.4. The summed E-state index contributed by atoms with van der Waals surface area (Å²) >= 11 is 0. The van der Waals surface area contributed by atoms with Gasteiger partial charge in [-0.2, -0.15) is 10.4 Å². The number of hydrogen-bond acceptors (Lipinski definition) is 6. The maximum atomic E-state index is 8.85. The van der Waals surface area contributed by atoms with E-state index in [0.29, 0.717) is 12.2 Å². The summed E-state index contributed by atoms with van der Waals surface area (Å²) in [6.07, 6.45) is 1.57. The molecule has 160 valence electrons. The molecule has 7 heteroatoms. The van der Waals surface area contributed by atoms with Gasteiger partial charge in [-0.25, -0.2) is 0 Å². The summed E-state index contributed by atoms with van der Waals surface area (Å²) < 4.78 is 14.1. The van der Waals surface area contributed by atoms with Gasteiger partial charge in [0.25, 0.3) is 0 Å². The zero-order valence-corrected chi connectivity index (χ0v) is 18.0. The summed E-state index contributed by atoms with van der Waals surface area (Å²) in [5.74, 6) is 0.825. The molecule has 2 saturated heterocycles. The molecular weight excluding hydrogens is 378 g/mol. The molecule has 0 amide bonds. The Labute approximate surface area is 178 Å². The number of morpholine rings is 2. The van der Waals surface area contributed by atoms with Crippen LogP contribution in [0.2, 0.25) is 0 Å². The first-order chi connectivity index (χ1) is 14.6. The Morgan fingerprint density at radius 1 is 1.03 bits per heavy atom. The van der Waals surface area contributed by atoms with Gasteiger partial charge in [0.2, 0.25) is 0 Å². The average molecular weight is 410 g/mol. The fraction of sp³-hybridized carbons (Fsp3) is 0.565. The number of benzene rings is 1. The molecular formula is C23H31N5O2. The maximum Gasteiger partial charge on any atom is 0.119 e. The molecule has 0 spiro atoms. The van der Waals surface area contributed by atoms with Gasteiger partial charge in [-0.3, -0.25) is 14.5 Å². The predicted molar refractivity (Wildman–Crippen MR) is 115 cm³/mol. The Kier molecular flexibility index (Phi) is 6.68. The molecule has 4 rings (SSSR count). The number of aryl methyl sites for hydroxylation is 2. The third-order valence-corrected chi connectivity index (χ3v) is 5.83. The molecule has 1 aromatic carbocycles. The Hall–Kier alpha value is -2.40. The van der Waals surface area contributed by atoms with Gasteiger partial charge in [-0.15, -0.1) is 0 Å². The van der Waals surface area contributed by atoms with Gasteiger partial charge in [0, 0.05) is 45.0 Å². The van der Waals surface area contributed by atoms with Crippen molar-refractivity contribution >= 4 is 0 Å². The van der Waals surface area contributed by atoms with Crippen LogP contribution in [0, 0.1) is 25.2 Å². The second-order valence-corrected chi connectivity index (χ2v) is 8.39. The maximum absolute atomic E-state index is 8.85. The molecule has 3 heterocycles. The summed E-state index contributed by atoms with van der Waals surface area (Å²) in [6, 6.07) is 11.6. The lowest BCUT2D eigenvalue weighted by molar-refractivity contribution is -0.139. The van der Waals surface area contributed by atoms with Crippen LogP contribution in [0.15, 0.2) is 30.3 Å². The van der Waals surface area contributed by atoms with E-state index in [1.54, 1.807) is 12.1 Å². The zero-order chi connectivity index (χ0) is 20.9. The Morgan fingerprint density at radius 3 is 2.30 bits per heavy atom. The summed E-state index contributed by atoms with van der Waals surface area (Å²) in [7, 11) is 0. The minimum Gasteiger partial charge on any atom is -0.494 e. The van der Waals surface area contributed by atoms with Crippen molar-refractivity contribution in [3.05, 3.63) is 47.3 Å². The van der Waals surface area contributed by atoms with E-state index in [1.165, 1.54) is 5.69 Å².